The minimum absolute atomic E-state index is 0.124. The van der Waals surface area contributed by atoms with Gasteiger partial charge < -0.3 is 15.4 Å². The van der Waals surface area contributed by atoms with Crippen molar-refractivity contribution >= 4 is 11.6 Å². The van der Waals surface area contributed by atoms with Gasteiger partial charge in [-0.25, -0.2) is 0 Å². The Labute approximate surface area is 95.0 Å². The van der Waals surface area contributed by atoms with Crippen LogP contribution in [0.5, 0.6) is 5.75 Å². The zero-order chi connectivity index (χ0) is 11.5. The second-order valence-electron chi connectivity index (χ2n) is 3.75. The molecule has 2 rings (SSSR count). The Kier molecular flexibility index (Phi) is 3.10. The summed E-state index contributed by atoms with van der Waals surface area (Å²) in [4.78, 5) is 13.5. The highest BCUT2D eigenvalue weighted by Gasteiger charge is 2.22. The third-order valence-corrected chi connectivity index (χ3v) is 2.73. The molecule has 4 heteroatoms. The summed E-state index contributed by atoms with van der Waals surface area (Å²) >= 11 is 0. The molecule has 0 unspecified atom stereocenters. The van der Waals surface area contributed by atoms with Crippen molar-refractivity contribution in [2.45, 2.75) is 19.9 Å². The number of nitrogens with two attached hydrogens (primary N) is 1. The Hall–Kier alpha value is -1.55. The maximum atomic E-state index is 11.8. The molecule has 0 saturated carbocycles. The van der Waals surface area contributed by atoms with Crippen LogP contribution in [0.2, 0.25) is 0 Å². The number of hydrogen-bond donors (Lipinski definition) is 1. The van der Waals surface area contributed by atoms with Crippen LogP contribution < -0.4 is 15.4 Å². The Balaban J connectivity index is 2.39. The fraction of sp³-hybridized carbons (Fsp3) is 0.417. The molecule has 0 aromatic heterocycles. The molecule has 86 valence electrons. The summed E-state index contributed by atoms with van der Waals surface area (Å²) in [6, 6.07) is 5.74. The van der Waals surface area contributed by atoms with Crippen LogP contribution >= 0.6 is 0 Å². The first-order valence-corrected chi connectivity index (χ1v) is 5.52. The van der Waals surface area contributed by atoms with Crippen LogP contribution in [0, 0.1) is 0 Å². The molecule has 2 N–H and O–H groups in total. The summed E-state index contributed by atoms with van der Waals surface area (Å²) < 4.78 is 5.51. The van der Waals surface area contributed by atoms with Crippen molar-refractivity contribution < 1.29 is 9.53 Å². The average molecular weight is 220 g/mol. The van der Waals surface area contributed by atoms with E-state index >= 15 is 0 Å². The quantitative estimate of drug-likeness (QED) is 0.816. The Morgan fingerprint density at radius 1 is 1.56 bits per heavy atom. The number of fused-ring (bicyclic) bond motifs is 1. The third-order valence-electron chi connectivity index (χ3n) is 2.73. The van der Waals surface area contributed by atoms with Crippen molar-refractivity contribution in [3.05, 3.63) is 23.8 Å². The minimum atomic E-state index is 0.124. The van der Waals surface area contributed by atoms with Crippen molar-refractivity contribution in [1.82, 2.24) is 0 Å². The van der Waals surface area contributed by atoms with E-state index in [-0.39, 0.29) is 5.91 Å². The Bertz CT molecular complexity index is 404. The fourth-order valence-corrected chi connectivity index (χ4v) is 1.84. The molecule has 0 aliphatic carbocycles. The fourth-order valence-electron chi connectivity index (χ4n) is 1.84. The molecular weight excluding hydrogens is 204 g/mol. The highest BCUT2D eigenvalue weighted by molar-refractivity contribution is 5.95. The van der Waals surface area contributed by atoms with Gasteiger partial charge >= 0.3 is 0 Å². The van der Waals surface area contributed by atoms with Crippen molar-refractivity contribution in [1.29, 1.82) is 0 Å². The lowest BCUT2D eigenvalue weighted by Crippen LogP contribution is -2.37. The van der Waals surface area contributed by atoms with Gasteiger partial charge in [-0.05, 0) is 17.7 Å². The van der Waals surface area contributed by atoms with Crippen LogP contribution in [0.3, 0.4) is 0 Å². The number of rotatable bonds is 2. The molecule has 1 aromatic carbocycles. The number of ether oxygens (including phenoxy) is 1. The van der Waals surface area contributed by atoms with Gasteiger partial charge in [0.25, 0.3) is 0 Å². The Morgan fingerprint density at radius 3 is 3.06 bits per heavy atom. The molecule has 0 atom stereocenters. The summed E-state index contributed by atoms with van der Waals surface area (Å²) in [6.45, 7) is 3.51. The SMILES string of the molecule is CCC(=O)N1CCOc2ccc(CN)cc21. The molecule has 4 nitrogen and oxygen atoms in total. The highest BCUT2D eigenvalue weighted by atomic mass is 16.5. The zero-order valence-electron chi connectivity index (χ0n) is 9.40. The van der Waals surface area contributed by atoms with E-state index in [2.05, 4.69) is 0 Å². The molecule has 0 radical (unpaired) electrons. The molecule has 0 spiro atoms. The van der Waals surface area contributed by atoms with E-state index in [4.69, 9.17) is 10.5 Å². The number of benzene rings is 1. The van der Waals surface area contributed by atoms with Gasteiger partial charge in [-0.3, -0.25) is 4.79 Å². The van der Waals surface area contributed by atoms with Gasteiger partial charge in [-0.1, -0.05) is 13.0 Å². The van der Waals surface area contributed by atoms with Gasteiger partial charge in [0.15, 0.2) is 0 Å². The number of anilines is 1. The maximum Gasteiger partial charge on any atom is 0.226 e. The van der Waals surface area contributed by atoms with Crippen LogP contribution in [0.25, 0.3) is 0 Å². The molecule has 1 aliphatic heterocycles. The second kappa shape index (κ2) is 4.53. The molecular formula is C12H16N2O2. The van der Waals surface area contributed by atoms with Crippen molar-refractivity contribution in [3.63, 3.8) is 0 Å². The molecule has 1 amide bonds. The van der Waals surface area contributed by atoms with Crippen LogP contribution in [0.4, 0.5) is 5.69 Å². The zero-order valence-corrected chi connectivity index (χ0v) is 9.40. The first-order chi connectivity index (χ1) is 7.76. The number of carbonyl (C=O) groups excluding carboxylic acids is 1. The van der Waals surface area contributed by atoms with Crippen LogP contribution in [0.1, 0.15) is 18.9 Å². The van der Waals surface area contributed by atoms with Crippen molar-refractivity contribution in [2.24, 2.45) is 5.73 Å². The summed E-state index contributed by atoms with van der Waals surface area (Å²) in [5.41, 5.74) is 7.45. The van der Waals surface area contributed by atoms with E-state index in [1.807, 2.05) is 25.1 Å². The minimum Gasteiger partial charge on any atom is -0.490 e. The van der Waals surface area contributed by atoms with Crippen LogP contribution in [-0.4, -0.2) is 19.1 Å². The molecule has 0 fully saturated rings. The lowest BCUT2D eigenvalue weighted by atomic mass is 10.1. The second-order valence-corrected chi connectivity index (χ2v) is 3.75. The molecule has 16 heavy (non-hydrogen) atoms. The summed E-state index contributed by atoms with van der Waals surface area (Å²) in [5.74, 6) is 0.893. The summed E-state index contributed by atoms with van der Waals surface area (Å²) in [6.07, 6.45) is 0.506. The largest absolute Gasteiger partial charge is 0.490 e. The standard InChI is InChI=1S/C12H16N2O2/c1-2-12(15)14-5-6-16-11-4-3-9(8-13)7-10(11)14/h3-4,7H,2,5-6,8,13H2,1H3. The van der Waals surface area contributed by atoms with Crippen molar-refractivity contribution in [3.8, 4) is 5.75 Å². The van der Waals surface area contributed by atoms with Gasteiger partial charge in [0, 0.05) is 13.0 Å². The van der Waals surface area contributed by atoms with E-state index in [0.717, 1.165) is 17.0 Å². The predicted molar refractivity (Wildman–Crippen MR) is 62.5 cm³/mol. The average Bonchev–Trinajstić information content (AvgIpc) is 2.36. The topological polar surface area (TPSA) is 55.6 Å². The molecule has 0 bridgehead atoms. The maximum absolute atomic E-state index is 11.8. The first kappa shape index (κ1) is 11.0. The number of hydrogen-bond acceptors (Lipinski definition) is 3. The van der Waals surface area contributed by atoms with Gasteiger partial charge in [0.2, 0.25) is 5.91 Å². The van der Waals surface area contributed by atoms with Gasteiger partial charge in [-0.15, -0.1) is 0 Å². The summed E-state index contributed by atoms with van der Waals surface area (Å²) in [5, 5.41) is 0. The van der Waals surface area contributed by atoms with Gasteiger partial charge in [0.05, 0.1) is 12.2 Å². The number of amides is 1. The lowest BCUT2D eigenvalue weighted by molar-refractivity contribution is -0.118. The number of nitrogens with zero attached hydrogens (tertiary/aromatic N) is 1. The van der Waals surface area contributed by atoms with Crippen LogP contribution in [0.15, 0.2) is 18.2 Å². The monoisotopic (exact) mass is 220 g/mol. The van der Waals surface area contributed by atoms with Crippen LogP contribution in [-0.2, 0) is 11.3 Å². The number of carbonyl (C=O) groups is 1. The first-order valence-electron chi connectivity index (χ1n) is 5.52. The molecule has 1 heterocycles. The molecule has 1 aliphatic rings. The van der Waals surface area contributed by atoms with E-state index in [0.29, 0.717) is 26.1 Å². The highest BCUT2D eigenvalue weighted by Crippen LogP contribution is 2.32. The van der Waals surface area contributed by atoms with E-state index in [1.165, 1.54) is 0 Å². The lowest BCUT2D eigenvalue weighted by Gasteiger charge is -2.29. The smallest absolute Gasteiger partial charge is 0.226 e. The normalized spacial score (nSPS) is 14.2. The summed E-state index contributed by atoms with van der Waals surface area (Å²) in [7, 11) is 0. The van der Waals surface area contributed by atoms with E-state index < -0.39 is 0 Å². The predicted octanol–water partition coefficient (Wildman–Crippen LogP) is 1.28. The third kappa shape index (κ3) is 1.88. The van der Waals surface area contributed by atoms with E-state index in [9.17, 15) is 4.79 Å². The van der Waals surface area contributed by atoms with Gasteiger partial charge in [-0.2, -0.15) is 0 Å². The van der Waals surface area contributed by atoms with E-state index in [1.54, 1.807) is 4.90 Å². The molecule has 1 aromatic rings. The van der Waals surface area contributed by atoms with Gasteiger partial charge in [0.1, 0.15) is 12.4 Å². The Morgan fingerprint density at radius 2 is 2.38 bits per heavy atom. The van der Waals surface area contributed by atoms with Crippen molar-refractivity contribution in [2.75, 3.05) is 18.1 Å². The molecule has 0 saturated heterocycles.